The van der Waals surface area contributed by atoms with Crippen LogP contribution in [0.1, 0.15) is 84.6 Å². The lowest BCUT2D eigenvalue weighted by Crippen LogP contribution is -2.57. The predicted octanol–water partition coefficient (Wildman–Crippen LogP) is 15.7. The van der Waals surface area contributed by atoms with E-state index in [1.54, 1.807) is 0 Å². The number of benzene rings is 8. The first-order chi connectivity index (χ1) is 32.1. The van der Waals surface area contributed by atoms with E-state index in [-0.39, 0.29) is 23.1 Å². The van der Waals surface area contributed by atoms with Gasteiger partial charge < -0.3 is 13.9 Å². The molecule has 12 rings (SSSR count). The molecule has 0 saturated carbocycles. The highest BCUT2D eigenvalue weighted by Gasteiger charge is 2.46. The summed E-state index contributed by atoms with van der Waals surface area (Å²) in [6.07, 6.45) is 0. The Morgan fingerprint density at radius 1 is 0.433 bits per heavy atom. The van der Waals surface area contributed by atoms with Crippen molar-refractivity contribution in [3.8, 4) is 39.2 Å². The molecular formula is C63H58BN3. The minimum Gasteiger partial charge on any atom is -0.375 e. The maximum Gasteiger partial charge on any atom is 0.333 e. The van der Waals surface area contributed by atoms with E-state index in [4.69, 9.17) is 0 Å². The first-order valence-electron chi connectivity index (χ1n) is 24.1. The van der Waals surface area contributed by atoms with Crippen LogP contribution in [0.3, 0.4) is 0 Å². The Kier molecular flexibility index (Phi) is 8.95. The molecule has 0 fully saturated rings. The lowest BCUT2D eigenvalue weighted by atomic mass is 9.44. The van der Waals surface area contributed by atoms with Gasteiger partial charge in [-0.1, -0.05) is 172 Å². The fourth-order valence-corrected chi connectivity index (χ4v) is 11.3. The van der Waals surface area contributed by atoms with Crippen LogP contribution in [0.4, 0.5) is 17.1 Å². The SMILES string of the molecule is Cc1ccccc1-c1c(-c2ccccc2)c2cc(C(C)(C)C)cc3c2n1B1c2cc4c(cc2N(c2ccc(C(C)(C)C)cc2)c2cc(C(C)(C)C)cc-3c21)c1ccccc1n4-c1ccccc1. The van der Waals surface area contributed by atoms with Gasteiger partial charge in [0.15, 0.2) is 0 Å². The number of anilines is 3. The molecule has 2 aliphatic rings. The van der Waals surface area contributed by atoms with Crippen LogP contribution in [0.5, 0.6) is 0 Å². The second-order valence-corrected chi connectivity index (χ2v) is 22.3. The van der Waals surface area contributed by atoms with Crippen molar-refractivity contribution >= 4 is 67.5 Å². The summed E-state index contributed by atoms with van der Waals surface area (Å²) in [5.74, 6) is 0. The number of aromatic nitrogens is 2. The van der Waals surface area contributed by atoms with E-state index in [2.05, 4.69) is 253 Å². The van der Waals surface area contributed by atoms with Crippen LogP contribution in [-0.2, 0) is 16.2 Å². The van der Waals surface area contributed by atoms with E-state index in [0.717, 1.165) is 5.69 Å². The van der Waals surface area contributed by atoms with Crippen LogP contribution < -0.4 is 15.8 Å². The monoisotopic (exact) mass is 867 g/mol. The highest BCUT2D eigenvalue weighted by molar-refractivity contribution is 6.90. The van der Waals surface area contributed by atoms with Crippen molar-refractivity contribution in [1.29, 1.82) is 0 Å². The Bertz CT molecular complexity index is 3620. The van der Waals surface area contributed by atoms with Crippen LogP contribution in [-0.4, -0.2) is 15.9 Å². The largest absolute Gasteiger partial charge is 0.375 e. The number of fused-ring (bicyclic) bond motifs is 7. The highest BCUT2D eigenvalue weighted by Crippen LogP contribution is 2.52. The van der Waals surface area contributed by atoms with E-state index >= 15 is 0 Å². The first kappa shape index (κ1) is 41.4. The van der Waals surface area contributed by atoms with Gasteiger partial charge in [0, 0.05) is 66.8 Å². The average Bonchev–Trinajstić information content (AvgIpc) is 3.82. The molecule has 0 amide bonds. The minimum absolute atomic E-state index is 0.0247. The summed E-state index contributed by atoms with van der Waals surface area (Å²) >= 11 is 0. The van der Waals surface area contributed by atoms with Gasteiger partial charge in [-0.25, -0.2) is 0 Å². The van der Waals surface area contributed by atoms with Gasteiger partial charge in [-0.3, -0.25) is 0 Å². The third kappa shape index (κ3) is 6.25. The van der Waals surface area contributed by atoms with Crippen molar-refractivity contribution in [1.82, 2.24) is 9.05 Å². The number of rotatable bonds is 4. The molecule has 67 heavy (non-hydrogen) atoms. The fourth-order valence-electron chi connectivity index (χ4n) is 11.3. The normalized spacial score (nSPS) is 13.5. The van der Waals surface area contributed by atoms with Gasteiger partial charge in [0.25, 0.3) is 0 Å². The maximum absolute atomic E-state index is 2.78. The molecule has 0 spiro atoms. The van der Waals surface area contributed by atoms with E-state index in [1.807, 2.05) is 0 Å². The van der Waals surface area contributed by atoms with E-state index in [0.29, 0.717) is 0 Å². The number of hydrogen-bond donors (Lipinski definition) is 0. The molecule has 4 heterocycles. The quantitative estimate of drug-likeness (QED) is 0.161. The van der Waals surface area contributed by atoms with E-state index in [9.17, 15) is 0 Å². The molecule has 0 atom stereocenters. The third-order valence-corrected chi connectivity index (χ3v) is 14.9. The number of para-hydroxylation sites is 2. The number of hydrogen-bond acceptors (Lipinski definition) is 1. The van der Waals surface area contributed by atoms with Crippen molar-refractivity contribution in [2.24, 2.45) is 0 Å². The van der Waals surface area contributed by atoms with Gasteiger partial charge in [0.05, 0.1) is 11.0 Å². The van der Waals surface area contributed by atoms with Crippen molar-refractivity contribution in [2.45, 2.75) is 85.5 Å². The second-order valence-electron chi connectivity index (χ2n) is 22.3. The molecule has 0 aliphatic carbocycles. The Labute approximate surface area is 396 Å². The molecule has 10 aromatic rings. The average molecular weight is 868 g/mol. The summed E-state index contributed by atoms with van der Waals surface area (Å²) in [5.41, 5.74) is 24.0. The van der Waals surface area contributed by atoms with Crippen molar-refractivity contribution < 1.29 is 0 Å². The number of aryl methyl sites for hydroxylation is 1. The molecule has 0 saturated heterocycles. The van der Waals surface area contributed by atoms with Gasteiger partial charge >= 0.3 is 6.85 Å². The molecule has 0 radical (unpaired) electrons. The molecule has 4 heteroatoms. The summed E-state index contributed by atoms with van der Waals surface area (Å²) in [6, 6.07) is 64.8. The smallest absolute Gasteiger partial charge is 0.333 e. The van der Waals surface area contributed by atoms with Gasteiger partial charge in [0.1, 0.15) is 0 Å². The van der Waals surface area contributed by atoms with Crippen LogP contribution in [0.15, 0.2) is 170 Å². The third-order valence-electron chi connectivity index (χ3n) is 14.9. The van der Waals surface area contributed by atoms with E-state index < -0.39 is 0 Å². The van der Waals surface area contributed by atoms with Crippen molar-refractivity contribution in [3.63, 3.8) is 0 Å². The molecule has 0 bridgehead atoms. The summed E-state index contributed by atoms with van der Waals surface area (Å²) < 4.78 is 5.27. The molecule has 0 N–H and O–H groups in total. The summed E-state index contributed by atoms with van der Waals surface area (Å²) in [7, 11) is 0. The zero-order valence-electron chi connectivity index (χ0n) is 40.6. The van der Waals surface area contributed by atoms with Gasteiger partial charge in [-0.05, 0) is 128 Å². The molecule has 2 aromatic heterocycles. The first-order valence-corrected chi connectivity index (χ1v) is 24.1. The maximum atomic E-state index is 2.78. The zero-order chi connectivity index (χ0) is 46.3. The zero-order valence-corrected chi connectivity index (χ0v) is 40.6. The topological polar surface area (TPSA) is 13.1 Å². The Morgan fingerprint density at radius 2 is 1.04 bits per heavy atom. The Hall–Kier alpha value is -7.04. The van der Waals surface area contributed by atoms with Crippen LogP contribution in [0.2, 0.25) is 0 Å². The van der Waals surface area contributed by atoms with E-state index in [1.165, 1.54) is 116 Å². The minimum atomic E-state index is -0.145. The summed E-state index contributed by atoms with van der Waals surface area (Å²) in [4.78, 5) is 2.62. The molecule has 0 unspecified atom stereocenters. The molecule has 3 nitrogen and oxygen atoms in total. The highest BCUT2D eigenvalue weighted by atomic mass is 15.2. The number of nitrogens with zero attached hydrogens (tertiary/aromatic N) is 3. The van der Waals surface area contributed by atoms with Gasteiger partial charge in [-0.15, -0.1) is 0 Å². The lowest BCUT2D eigenvalue weighted by Gasteiger charge is -2.42. The van der Waals surface area contributed by atoms with Crippen LogP contribution >= 0.6 is 0 Å². The summed E-state index contributed by atoms with van der Waals surface area (Å²) in [5, 5.41) is 3.81. The molecular weight excluding hydrogens is 810 g/mol. The van der Waals surface area contributed by atoms with Crippen LogP contribution in [0, 0.1) is 6.92 Å². The fraction of sp³-hybridized carbons (Fsp3) is 0.206. The van der Waals surface area contributed by atoms with Crippen LogP contribution in [0.25, 0.3) is 71.9 Å². The Morgan fingerprint density at radius 3 is 1.73 bits per heavy atom. The molecule has 328 valence electrons. The molecule has 2 aliphatic heterocycles. The van der Waals surface area contributed by atoms with Crippen molar-refractivity contribution in [2.75, 3.05) is 4.90 Å². The van der Waals surface area contributed by atoms with Crippen molar-refractivity contribution in [3.05, 3.63) is 192 Å². The second kappa shape index (κ2) is 14.5. The summed E-state index contributed by atoms with van der Waals surface area (Å²) in [6.45, 7) is 23.3. The lowest BCUT2D eigenvalue weighted by molar-refractivity contribution is 0.589. The molecule has 8 aromatic carbocycles. The standard InChI is InChI=1S/C63H58BN3/c1-39-21-17-18-26-46(39)60-57(40-22-13-11-14-23-40)51-35-42(62(5,6)7)34-50-49-33-43(63(8,9)10)36-56-58(49)64(67(60)59(50)51)52-38-54-48(37-55(52)66(56)45-31-29-41(30-32-45)61(2,3)4)47-27-19-20-28-53(47)65(54)44-24-15-12-16-25-44/h11-38H,1-10H3. The predicted molar refractivity (Wildman–Crippen MR) is 289 cm³/mol. The van der Waals surface area contributed by atoms with Gasteiger partial charge in [0.2, 0.25) is 0 Å². The Balaban J connectivity index is 1.32. The van der Waals surface area contributed by atoms with Gasteiger partial charge in [-0.2, -0.15) is 0 Å².